The van der Waals surface area contributed by atoms with E-state index in [0.29, 0.717) is 18.0 Å². The van der Waals surface area contributed by atoms with E-state index in [1.807, 2.05) is 38.1 Å². The van der Waals surface area contributed by atoms with Crippen LogP contribution in [0.1, 0.15) is 13.8 Å². The lowest BCUT2D eigenvalue weighted by Crippen LogP contribution is -2.30. The fourth-order valence-corrected chi connectivity index (χ4v) is 2.76. The maximum absolute atomic E-state index is 12.0. The number of nitrogens with zero attached hydrogens (tertiary/aromatic N) is 1. The molecule has 0 atom stereocenters. The highest BCUT2D eigenvalue weighted by Gasteiger charge is 2.22. The van der Waals surface area contributed by atoms with Crippen LogP contribution < -0.4 is 5.32 Å². The molecule has 2 amide bonds. The minimum Gasteiger partial charge on any atom is -0.340 e. The van der Waals surface area contributed by atoms with Gasteiger partial charge in [-0.25, -0.2) is 0 Å². The number of nitrogens with one attached hydrogen (secondary N) is 1. The lowest BCUT2D eigenvalue weighted by molar-refractivity contribution is -0.126. The number of amides is 2. The predicted molar refractivity (Wildman–Crippen MR) is 76.9 cm³/mol. The Morgan fingerprint density at radius 1 is 1.32 bits per heavy atom. The highest BCUT2D eigenvalue weighted by Crippen LogP contribution is 2.37. The summed E-state index contributed by atoms with van der Waals surface area (Å²) in [6, 6.07) is 7.56. The topological polar surface area (TPSA) is 49.4 Å². The summed E-state index contributed by atoms with van der Waals surface area (Å²) in [5.74, 6) is -0.341. The van der Waals surface area contributed by atoms with Gasteiger partial charge in [-0.15, -0.1) is 0 Å². The number of likely N-dealkylation sites (N-methyl/N-ethyl adjacent to an activating group) is 1. The number of para-hydroxylation sites is 1. The standard InChI is InChI=1S/C14H16N2O2S/c1-3-16(4-2)13(17)9-12-14(18)15-10-7-5-6-8-11(10)19-12/h5-9H,3-4H2,1-2H3,(H,15,18). The van der Waals surface area contributed by atoms with Crippen LogP contribution in [0.15, 0.2) is 40.1 Å². The highest BCUT2D eigenvalue weighted by atomic mass is 32.2. The second-order valence-corrected chi connectivity index (χ2v) is 5.16. The lowest BCUT2D eigenvalue weighted by Gasteiger charge is -2.20. The zero-order chi connectivity index (χ0) is 13.8. The van der Waals surface area contributed by atoms with Gasteiger partial charge in [0.15, 0.2) is 0 Å². The Morgan fingerprint density at radius 3 is 2.68 bits per heavy atom. The van der Waals surface area contributed by atoms with Gasteiger partial charge in [0.2, 0.25) is 5.91 Å². The predicted octanol–water partition coefficient (Wildman–Crippen LogP) is 2.48. The molecule has 0 saturated heterocycles. The van der Waals surface area contributed by atoms with Crippen LogP contribution in [0, 0.1) is 0 Å². The van der Waals surface area contributed by atoms with E-state index in [4.69, 9.17) is 0 Å². The van der Waals surface area contributed by atoms with Crippen molar-refractivity contribution in [2.45, 2.75) is 18.7 Å². The zero-order valence-electron chi connectivity index (χ0n) is 11.0. The Kier molecular flexibility index (Phi) is 4.27. The Bertz CT molecular complexity index is 536. The number of fused-ring (bicyclic) bond motifs is 1. The maximum atomic E-state index is 12.0. The molecule has 1 aliphatic rings. The van der Waals surface area contributed by atoms with Crippen molar-refractivity contribution in [1.82, 2.24) is 4.90 Å². The second kappa shape index (κ2) is 5.93. The van der Waals surface area contributed by atoms with E-state index in [9.17, 15) is 9.59 Å². The van der Waals surface area contributed by atoms with Crippen LogP contribution in [0.4, 0.5) is 5.69 Å². The van der Waals surface area contributed by atoms with Gasteiger partial charge in [-0.1, -0.05) is 23.9 Å². The molecule has 2 rings (SSSR count). The summed E-state index contributed by atoms with van der Waals surface area (Å²) in [5, 5.41) is 2.79. The van der Waals surface area contributed by atoms with E-state index in [1.165, 1.54) is 17.8 Å². The SMILES string of the molecule is CCN(CC)C(=O)C=C1Sc2ccccc2NC1=O. The first-order chi connectivity index (χ1) is 9.15. The quantitative estimate of drug-likeness (QED) is 0.863. The Morgan fingerprint density at radius 2 is 2.00 bits per heavy atom. The van der Waals surface area contributed by atoms with Gasteiger partial charge in [0.25, 0.3) is 5.91 Å². The molecule has 100 valence electrons. The molecule has 1 aromatic rings. The van der Waals surface area contributed by atoms with Gasteiger partial charge >= 0.3 is 0 Å². The van der Waals surface area contributed by atoms with Crippen molar-refractivity contribution < 1.29 is 9.59 Å². The van der Waals surface area contributed by atoms with Crippen molar-refractivity contribution in [3.63, 3.8) is 0 Å². The van der Waals surface area contributed by atoms with Crippen molar-refractivity contribution in [1.29, 1.82) is 0 Å². The van der Waals surface area contributed by atoms with E-state index in [-0.39, 0.29) is 11.8 Å². The van der Waals surface area contributed by atoms with Gasteiger partial charge in [-0.3, -0.25) is 9.59 Å². The van der Waals surface area contributed by atoms with Crippen LogP contribution in [0.2, 0.25) is 0 Å². The summed E-state index contributed by atoms with van der Waals surface area (Å²) in [5.41, 5.74) is 0.796. The second-order valence-electron chi connectivity index (χ2n) is 4.07. The smallest absolute Gasteiger partial charge is 0.262 e. The monoisotopic (exact) mass is 276 g/mol. The third kappa shape index (κ3) is 2.98. The molecular weight excluding hydrogens is 260 g/mol. The number of hydrogen-bond donors (Lipinski definition) is 1. The Labute approximate surface area is 116 Å². The molecule has 1 aromatic carbocycles. The first-order valence-corrected chi connectivity index (χ1v) is 7.06. The number of thioether (sulfide) groups is 1. The lowest BCUT2D eigenvalue weighted by atomic mass is 10.3. The summed E-state index contributed by atoms with van der Waals surface area (Å²) in [7, 11) is 0. The maximum Gasteiger partial charge on any atom is 0.262 e. The van der Waals surface area contributed by atoms with Crippen LogP contribution in [-0.2, 0) is 9.59 Å². The molecule has 1 aliphatic heterocycles. The number of anilines is 1. The van der Waals surface area contributed by atoms with E-state index in [1.54, 1.807) is 4.90 Å². The Balaban J connectivity index is 2.23. The summed E-state index contributed by atoms with van der Waals surface area (Å²) >= 11 is 1.33. The van der Waals surface area contributed by atoms with Crippen molar-refractivity contribution in [2.75, 3.05) is 18.4 Å². The van der Waals surface area contributed by atoms with Gasteiger partial charge in [-0.2, -0.15) is 0 Å². The van der Waals surface area contributed by atoms with Gasteiger partial charge in [0.1, 0.15) is 0 Å². The van der Waals surface area contributed by atoms with Crippen molar-refractivity contribution in [3.05, 3.63) is 35.2 Å². The first-order valence-electron chi connectivity index (χ1n) is 6.24. The molecule has 0 fully saturated rings. The van der Waals surface area contributed by atoms with E-state index >= 15 is 0 Å². The van der Waals surface area contributed by atoms with Crippen molar-refractivity contribution >= 4 is 29.3 Å². The fourth-order valence-electron chi connectivity index (χ4n) is 1.84. The third-order valence-electron chi connectivity index (χ3n) is 2.91. The summed E-state index contributed by atoms with van der Waals surface area (Å²) in [6.45, 7) is 5.12. The van der Waals surface area contributed by atoms with Crippen molar-refractivity contribution in [3.8, 4) is 0 Å². The number of hydrogen-bond acceptors (Lipinski definition) is 3. The molecule has 0 aromatic heterocycles. The van der Waals surface area contributed by atoms with Crippen LogP contribution in [0.25, 0.3) is 0 Å². The van der Waals surface area contributed by atoms with Gasteiger partial charge in [-0.05, 0) is 26.0 Å². The molecule has 0 unspecified atom stereocenters. The number of benzene rings is 1. The average molecular weight is 276 g/mol. The van der Waals surface area contributed by atoms with Crippen LogP contribution in [0.3, 0.4) is 0 Å². The molecule has 0 aliphatic carbocycles. The van der Waals surface area contributed by atoms with Gasteiger partial charge in [0.05, 0.1) is 10.6 Å². The third-order valence-corrected chi connectivity index (χ3v) is 4.01. The summed E-state index contributed by atoms with van der Waals surface area (Å²) < 4.78 is 0. The Hall–Kier alpha value is -1.75. The molecule has 0 bridgehead atoms. The fraction of sp³-hybridized carbons (Fsp3) is 0.286. The number of carbonyl (C=O) groups is 2. The van der Waals surface area contributed by atoms with E-state index in [0.717, 1.165) is 10.6 Å². The van der Waals surface area contributed by atoms with E-state index in [2.05, 4.69) is 5.32 Å². The van der Waals surface area contributed by atoms with Crippen LogP contribution in [-0.4, -0.2) is 29.8 Å². The molecule has 1 heterocycles. The highest BCUT2D eigenvalue weighted by molar-refractivity contribution is 8.04. The number of rotatable bonds is 3. The number of carbonyl (C=O) groups excluding carboxylic acids is 2. The van der Waals surface area contributed by atoms with Crippen LogP contribution >= 0.6 is 11.8 Å². The molecule has 0 saturated carbocycles. The first kappa shape index (κ1) is 13.7. The largest absolute Gasteiger partial charge is 0.340 e. The minimum absolute atomic E-state index is 0.123. The van der Waals surface area contributed by atoms with Crippen LogP contribution in [0.5, 0.6) is 0 Å². The summed E-state index contributed by atoms with van der Waals surface area (Å²) in [4.78, 5) is 27.0. The molecular formula is C14H16N2O2S. The van der Waals surface area contributed by atoms with Gasteiger partial charge < -0.3 is 10.2 Å². The minimum atomic E-state index is -0.218. The van der Waals surface area contributed by atoms with Gasteiger partial charge in [0, 0.05) is 24.1 Å². The molecule has 1 N–H and O–H groups in total. The van der Waals surface area contributed by atoms with Crippen molar-refractivity contribution in [2.24, 2.45) is 0 Å². The summed E-state index contributed by atoms with van der Waals surface area (Å²) in [6.07, 6.45) is 1.42. The molecule has 0 radical (unpaired) electrons. The average Bonchev–Trinajstić information content (AvgIpc) is 2.41. The normalized spacial score (nSPS) is 15.9. The zero-order valence-corrected chi connectivity index (χ0v) is 11.8. The molecule has 5 heteroatoms. The molecule has 19 heavy (non-hydrogen) atoms. The molecule has 0 spiro atoms. The van der Waals surface area contributed by atoms with E-state index < -0.39 is 0 Å². The molecule has 4 nitrogen and oxygen atoms in total.